The monoisotopic (exact) mass is 317 g/mol. The van der Waals surface area contributed by atoms with Crippen LogP contribution in [0.4, 0.5) is 11.4 Å². The number of hydrogen-bond acceptors (Lipinski definition) is 4. The maximum absolute atomic E-state index is 11.7. The molecule has 6 heteroatoms. The van der Waals surface area contributed by atoms with Gasteiger partial charge in [-0.05, 0) is 31.9 Å². The van der Waals surface area contributed by atoms with Crippen molar-refractivity contribution >= 4 is 27.3 Å². The Labute approximate surface area is 115 Å². The first-order valence-corrected chi connectivity index (χ1v) is 6.56. The van der Waals surface area contributed by atoms with Crippen molar-refractivity contribution in [3.63, 3.8) is 0 Å². The van der Waals surface area contributed by atoms with Crippen LogP contribution in [0.2, 0.25) is 0 Å². The van der Waals surface area contributed by atoms with Gasteiger partial charge in [-0.25, -0.2) is 4.84 Å². The lowest BCUT2D eigenvalue weighted by atomic mass is 10.1. The molecule has 0 saturated heterocycles. The van der Waals surface area contributed by atoms with Gasteiger partial charge in [0, 0.05) is 23.2 Å². The molecule has 0 aliphatic heterocycles. The summed E-state index contributed by atoms with van der Waals surface area (Å²) in [7, 11) is 1.34. The van der Waals surface area contributed by atoms with E-state index in [1.165, 1.54) is 7.11 Å². The number of nitrogens with one attached hydrogen (secondary N) is 1. The van der Waals surface area contributed by atoms with Crippen LogP contribution in [0.5, 0.6) is 0 Å². The number of hydrogen-bond donors (Lipinski definition) is 2. The molecule has 0 atom stereocenters. The van der Waals surface area contributed by atoms with Crippen LogP contribution in [-0.2, 0) is 4.84 Å². The van der Waals surface area contributed by atoms with Crippen molar-refractivity contribution in [3.8, 4) is 0 Å². The van der Waals surface area contributed by atoms with Gasteiger partial charge in [0.1, 0.15) is 5.69 Å². The molecule has 0 unspecified atom stereocenters. The Bertz CT molecular complexity index is 424. The minimum absolute atomic E-state index is 0.180. The third kappa shape index (κ3) is 3.68. The van der Waals surface area contributed by atoms with Crippen molar-refractivity contribution in [1.82, 2.24) is 0 Å². The fourth-order valence-corrected chi connectivity index (χ4v) is 1.92. The number of anilines is 1. The highest BCUT2D eigenvalue weighted by atomic mass is 79.9. The largest absolute Gasteiger partial charge is 0.396 e. The molecule has 100 valence electrons. The summed E-state index contributed by atoms with van der Waals surface area (Å²) < 4.78 is 0.858. The highest BCUT2D eigenvalue weighted by Gasteiger charge is 2.25. The molecule has 1 aromatic rings. The molecular weight excluding hydrogens is 300 g/mol. The molecule has 0 radical (unpaired) electrons. The van der Waals surface area contributed by atoms with E-state index in [-0.39, 0.29) is 6.61 Å². The van der Waals surface area contributed by atoms with Crippen LogP contribution in [0.15, 0.2) is 16.6 Å². The zero-order valence-electron chi connectivity index (χ0n) is 10.6. The number of rotatable bonds is 7. The maximum atomic E-state index is 11.7. The smallest absolute Gasteiger partial charge is 0.343 e. The molecule has 0 fully saturated rings. The van der Waals surface area contributed by atoms with Gasteiger partial charge in [0.05, 0.1) is 4.91 Å². The zero-order valence-corrected chi connectivity index (χ0v) is 12.2. The van der Waals surface area contributed by atoms with Crippen molar-refractivity contribution in [2.45, 2.75) is 19.8 Å². The molecule has 0 bridgehead atoms. The van der Waals surface area contributed by atoms with Crippen molar-refractivity contribution in [2.75, 3.05) is 25.6 Å². The van der Waals surface area contributed by atoms with Gasteiger partial charge in [-0.15, -0.1) is 0 Å². The van der Waals surface area contributed by atoms with Crippen LogP contribution < -0.4 is 5.32 Å². The first-order chi connectivity index (χ1) is 8.61. The van der Waals surface area contributed by atoms with Gasteiger partial charge in [-0.3, -0.25) is 0 Å². The predicted molar refractivity (Wildman–Crippen MR) is 74.0 cm³/mol. The second kappa shape index (κ2) is 7.33. The van der Waals surface area contributed by atoms with Gasteiger partial charge < -0.3 is 10.4 Å². The molecule has 0 aliphatic carbocycles. The average molecular weight is 318 g/mol. The zero-order chi connectivity index (χ0) is 13.5. The van der Waals surface area contributed by atoms with Gasteiger partial charge in [0.15, 0.2) is 7.11 Å². The third-order valence-corrected chi connectivity index (χ3v) is 3.47. The van der Waals surface area contributed by atoms with Gasteiger partial charge in [-0.1, -0.05) is 15.9 Å². The Morgan fingerprint density at radius 2 is 2.17 bits per heavy atom. The topological polar surface area (TPSA) is 61.6 Å². The van der Waals surface area contributed by atoms with E-state index in [4.69, 9.17) is 9.94 Å². The minimum atomic E-state index is 0.180. The maximum Gasteiger partial charge on any atom is 0.343 e. The first-order valence-electron chi connectivity index (χ1n) is 5.77. The normalized spacial score (nSPS) is 10.2. The summed E-state index contributed by atoms with van der Waals surface area (Å²) in [6, 6.07) is 3.71. The van der Waals surface area contributed by atoms with E-state index in [0.29, 0.717) is 17.2 Å². The first kappa shape index (κ1) is 14.9. The molecule has 0 spiro atoms. The number of aliphatic hydroxyl groups is 1. The van der Waals surface area contributed by atoms with E-state index in [9.17, 15) is 4.91 Å². The predicted octanol–water partition coefficient (Wildman–Crippen LogP) is 2.91. The molecule has 1 rings (SSSR count). The van der Waals surface area contributed by atoms with Gasteiger partial charge >= 0.3 is 5.69 Å². The Kier molecular flexibility index (Phi) is 6.07. The van der Waals surface area contributed by atoms with E-state index in [2.05, 4.69) is 21.2 Å². The van der Waals surface area contributed by atoms with E-state index < -0.39 is 0 Å². The highest BCUT2D eigenvalue weighted by molar-refractivity contribution is 9.10. The van der Waals surface area contributed by atoms with Crippen LogP contribution >= 0.6 is 15.9 Å². The van der Waals surface area contributed by atoms with Crippen molar-refractivity contribution < 1.29 is 14.9 Å². The summed E-state index contributed by atoms with van der Waals surface area (Å²) in [4.78, 5) is 16.9. The third-order valence-electron chi connectivity index (χ3n) is 2.61. The number of nitrogens with zero attached hydrogens (tertiary/aromatic N) is 1. The molecule has 18 heavy (non-hydrogen) atoms. The lowest BCUT2D eigenvalue weighted by molar-refractivity contribution is -0.736. The average Bonchev–Trinajstić information content (AvgIpc) is 2.38. The summed E-state index contributed by atoms with van der Waals surface area (Å²) in [5, 5.41) is 11.9. The molecule has 0 aromatic heterocycles. The lowest BCUT2D eigenvalue weighted by Gasteiger charge is -2.08. The molecule has 5 nitrogen and oxygen atoms in total. The molecular formula is C12H18BrN2O3+. The number of unbranched alkanes of at least 4 members (excludes halogenated alkanes) is 1. The van der Waals surface area contributed by atoms with Crippen LogP contribution in [-0.4, -0.2) is 30.3 Å². The molecule has 0 aliphatic rings. The second-order valence-corrected chi connectivity index (χ2v) is 4.72. The molecule has 1 aromatic carbocycles. The van der Waals surface area contributed by atoms with E-state index in [0.717, 1.165) is 28.6 Å². The summed E-state index contributed by atoms with van der Waals surface area (Å²) in [6.07, 6.45) is 1.58. The molecule has 2 N–H and O–H groups in total. The van der Waals surface area contributed by atoms with Crippen LogP contribution in [0, 0.1) is 11.8 Å². The lowest BCUT2D eigenvalue weighted by Crippen LogP contribution is -2.08. The van der Waals surface area contributed by atoms with E-state index in [1.807, 2.05) is 19.1 Å². The van der Waals surface area contributed by atoms with Crippen molar-refractivity contribution in [1.29, 1.82) is 0 Å². The molecule has 0 amide bonds. The SMILES string of the molecule is CO[N+](=O)c1c(NCCCCO)ccc(Br)c1C. The quantitative estimate of drug-likeness (QED) is 0.599. The fraction of sp³-hybridized carbons (Fsp3) is 0.500. The van der Waals surface area contributed by atoms with Gasteiger partial charge in [0.2, 0.25) is 0 Å². The summed E-state index contributed by atoms with van der Waals surface area (Å²) >= 11 is 3.39. The minimum Gasteiger partial charge on any atom is -0.396 e. The summed E-state index contributed by atoms with van der Waals surface area (Å²) in [5.74, 6) is 0. The Hall–Kier alpha value is -1.14. The fourth-order valence-electron chi connectivity index (χ4n) is 1.60. The van der Waals surface area contributed by atoms with Gasteiger partial charge in [-0.2, -0.15) is 0 Å². The number of benzene rings is 1. The van der Waals surface area contributed by atoms with E-state index >= 15 is 0 Å². The Morgan fingerprint density at radius 1 is 1.44 bits per heavy atom. The standard InChI is InChI=1S/C12H18BrN2O3/c1-9-10(13)5-6-11(12(9)15(17)18-2)14-7-3-4-8-16/h5-6,14,16H,3-4,7-8H2,1-2H3/q+1. The summed E-state index contributed by atoms with van der Waals surface area (Å²) in [5.41, 5.74) is 2.01. The second-order valence-electron chi connectivity index (χ2n) is 3.87. The van der Waals surface area contributed by atoms with Crippen LogP contribution in [0.3, 0.4) is 0 Å². The molecule has 0 saturated carbocycles. The van der Waals surface area contributed by atoms with Crippen LogP contribution in [0.25, 0.3) is 0 Å². The molecule has 0 heterocycles. The van der Waals surface area contributed by atoms with E-state index in [1.54, 1.807) is 0 Å². The van der Waals surface area contributed by atoms with Crippen molar-refractivity contribution in [3.05, 3.63) is 27.1 Å². The number of halogens is 1. The highest BCUT2D eigenvalue weighted by Crippen LogP contribution is 2.33. The Morgan fingerprint density at radius 3 is 2.78 bits per heavy atom. The number of aliphatic hydroxyl groups excluding tert-OH is 1. The Balaban J connectivity index is 2.89. The van der Waals surface area contributed by atoms with Crippen molar-refractivity contribution in [2.24, 2.45) is 0 Å². The summed E-state index contributed by atoms with van der Waals surface area (Å²) in [6.45, 7) is 2.73. The van der Waals surface area contributed by atoms with Gasteiger partial charge in [0.25, 0.3) is 4.92 Å². The van der Waals surface area contributed by atoms with Crippen LogP contribution in [0.1, 0.15) is 18.4 Å².